The molecule has 2 aliphatic heterocycles. The van der Waals surface area contributed by atoms with Gasteiger partial charge in [-0.3, -0.25) is 9.97 Å². The van der Waals surface area contributed by atoms with Gasteiger partial charge in [-0.15, -0.1) is 0 Å². The van der Waals surface area contributed by atoms with Crippen molar-refractivity contribution in [3.8, 4) is 0 Å². The fraction of sp³-hybridized carbons (Fsp3) is 0.409. The summed E-state index contributed by atoms with van der Waals surface area (Å²) in [5.41, 5.74) is 12.1. The molecule has 7 heteroatoms. The van der Waals surface area contributed by atoms with E-state index in [1.165, 1.54) is 59.5 Å². The molecule has 0 saturated carbocycles. The number of fused-ring (bicyclic) bond motifs is 4. The summed E-state index contributed by atoms with van der Waals surface area (Å²) in [6.45, 7) is 6.80. The molecule has 8 rings (SSSR count). The smallest absolute Gasteiger partial charge is 0.0688 e. The van der Waals surface area contributed by atoms with Gasteiger partial charge in [0.05, 0.1) is 18.0 Å². The lowest BCUT2D eigenvalue weighted by molar-refractivity contribution is 0.206. The van der Waals surface area contributed by atoms with Crippen LogP contribution in [-0.4, -0.2) is 71.8 Å². The fourth-order valence-corrected chi connectivity index (χ4v) is 9.05. The van der Waals surface area contributed by atoms with Gasteiger partial charge in [0.25, 0.3) is 0 Å². The fourth-order valence-electron chi connectivity index (χ4n) is 8.71. The number of halogens is 2. The monoisotopic (exact) mass is 722 g/mol. The van der Waals surface area contributed by atoms with Gasteiger partial charge in [0, 0.05) is 34.3 Å². The van der Waals surface area contributed by atoms with E-state index in [2.05, 4.69) is 79.4 Å². The van der Waals surface area contributed by atoms with Crippen LogP contribution in [0.15, 0.2) is 73.1 Å². The molecule has 4 heterocycles. The Bertz CT molecular complexity index is 1750. The molecule has 4 aliphatic rings. The molecule has 268 valence electrons. The molecular formula is C44H52Cl2N4O. The zero-order valence-electron chi connectivity index (χ0n) is 29.5. The second kappa shape index (κ2) is 16.6. The third kappa shape index (κ3) is 7.89. The summed E-state index contributed by atoms with van der Waals surface area (Å²) in [5.74, 6) is 1.79. The molecule has 2 saturated heterocycles. The van der Waals surface area contributed by atoms with Crippen LogP contribution < -0.4 is 0 Å². The Kier molecular flexibility index (Phi) is 12.2. The Balaban J connectivity index is 0.000000172. The highest BCUT2D eigenvalue weighted by Crippen LogP contribution is 2.46. The highest BCUT2D eigenvalue weighted by Gasteiger charge is 2.35. The minimum Gasteiger partial charge on any atom is -0.392 e. The number of pyridine rings is 2. The van der Waals surface area contributed by atoms with E-state index in [0.717, 1.165) is 59.8 Å². The number of piperidine rings is 2. The van der Waals surface area contributed by atoms with Crippen LogP contribution in [0.1, 0.15) is 103 Å². The molecule has 0 radical (unpaired) electrons. The number of aromatic nitrogens is 2. The number of likely N-dealkylation sites (tertiary alicyclic amines) is 2. The average Bonchev–Trinajstić information content (AvgIpc) is 3.36. The lowest BCUT2D eigenvalue weighted by atomic mass is 9.76. The van der Waals surface area contributed by atoms with Crippen molar-refractivity contribution in [3.05, 3.63) is 128 Å². The first-order valence-corrected chi connectivity index (χ1v) is 19.0. The van der Waals surface area contributed by atoms with Crippen molar-refractivity contribution in [3.63, 3.8) is 0 Å². The highest BCUT2D eigenvalue weighted by atomic mass is 35.5. The molecule has 0 bridgehead atoms. The summed E-state index contributed by atoms with van der Waals surface area (Å²) in [6, 6.07) is 20.9. The number of allylic oxidation sites excluding steroid dienone is 1. The maximum Gasteiger partial charge on any atom is 0.0688 e. The van der Waals surface area contributed by atoms with Crippen LogP contribution in [0.25, 0.3) is 23.3 Å². The van der Waals surface area contributed by atoms with E-state index in [9.17, 15) is 5.11 Å². The molecule has 2 fully saturated rings. The second-order valence-corrected chi connectivity index (χ2v) is 15.4. The van der Waals surface area contributed by atoms with Crippen LogP contribution in [0.2, 0.25) is 10.0 Å². The predicted molar refractivity (Wildman–Crippen MR) is 215 cm³/mol. The van der Waals surface area contributed by atoms with E-state index in [0.29, 0.717) is 22.8 Å². The third-order valence-corrected chi connectivity index (χ3v) is 11.9. The molecule has 1 N–H and O–H groups in total. The van der Waals surface area contributed by atoms with E-state index in [1.54, 1.807) is 0 Å². The standard InChI is InChI=1S/C22H25ClN2.C21H23ClN2O.CH4/c1-3-15-13-17-5-4-10-24-22(17)21(16-8-11-25(2)12-9-16)19-7-6-18(23)14-20(15)19;1-24-9-6-14(7-10-24)20-18-5-4-17(22)12-19(18)16(13-25)11-15-3-2-8-23-21(15)20;/h4-7,10,13-14,16,21H,3,8-9,11-12H2,1-2H3;2-5,8,11-12,14,20,25H,6-7,9-10,13H2,1H3;1H4. The first-order valence-electron chi connectivity index (χ1n) is 18.2. The molecule has 4 aromatic rings. The summed E-state index contributed by atoms with van der Waals surface area (Å²) < 4.78 is 0. The van der Waals surface area contributed by atoms with E-state index < -0.39 is 0 Å². The number of hydrogen-bond donors (Lipinski definition) is 1. The predicted octanol–water partition coefficient (Wildman–Crippen LogP) is 10.2. The van der Waals surface area contributed by atoms with E-state index in [1.807, 2.05) is 36.7 Å². The lowest BCUT2D eigenvalue weighted by Gasteiger charge is -2.35. The molecule has 2 unspecified atom stereocenters. The summed E-state index contributed by atoms with van der Waals surface area (Å²) in [6.07, 6.45) is 14.0. The first-order chi connectivity index (χ1) is 24.3. The average molecular weight is 724 g/mol. The van der Waals surface area contributed by atoms with Gasteiger partial charge in [0.15, 0.2) is 0 Å². The van der Waals surface area contributed by atoms with Gasteiger partial charge in [-0.2, -0.15) is 0 Å². The lowest BCUT2D eigenvalue weighted by Crippen LogP contribution is -2.33. The molecule has 2 atom stereocenters. The zero-order chi connectivity index (χ0) is 34.8. The third-order valence-electron chi connectivity index (χ3n) is 11.4. The normalized spacial score (nSPS) is 20.8. The molecule has 2 aromatic heterocycles. The van der Waals surface area contributed by atoms with Crippen molar-refractivity contribution in [2.24, 2.45) is 11.8 Å². The van der Waals surface area contributed by atoms with E-state index >= 15 is 0 Å². The van der Waals surface area contributed by atoms with Crippen molar-refractivity contribution >= 4 is 46.5 Å². The quantitative estimate of drug-likeness (QED) is 0.227. The Morgan fingerprint density at radius 3 is 1.53 bits per heavy atom. The van der Waals surface area contributed by atoms with Crippen LogP contribution in [0.3, 0.4) is 0 Å². The van der Waals surface area contributed by atoms with Gasteiger partial charge in [-0.25, -0.2) is 0 Å². The largest absolute Gasteiger partial charge is 0.392 e. The van der Waals surface area contributed by atoms with Crippen LogP contribution in [0.4, 0.5) is 0 Å². The van der Waals surface area contributed by atoms with Gasteiger partial charge in [-0.1, -0.05) is 61.8 Å². The molecule has 0 amide bonds. The first kappa shape index (κ1) is 37.4. The Morgan fingerprint density at radius 1 is 0.667 bits per heavy atom. The molecule has 0 spiro atoms. The molecular weight excluding hydrogens is 671 g/mol. The van der Waals surface area contributed by atoms with Crippen molar-refractivity contribution in [1.29, 1.82) is 0 Å². The van der Waals surface area contributed by atoms with Crippen molar-refractivity contribution in [2.75, 3.05) is 46.9 Å². The Hall–Kier alpha value is -3.32. The molecule has 2 aromatic carbocycles. The minimum absolute atomic E-state index is 0. The number of hydrogen-bond acceptors (Lipinski definition) is 5. The summed E-state index contributed by atoms with van der Waals surface area (Å²) in [5, 5.41) is 11.5. The summed E-state index contributed by atoms with van der Waals surface area (Å²) in [4.78, 5) is 14.5. The number of benzene rings is 2. The Morgan fingerprint density at radius 2 is 1.10 bits per heavy atom. The summed E-state index contributed by atoms with van der Waals surface area (Å²) in [7, 11) is 4.41. The summed E-state index contributed by atoms with van der Waals surface area (Å²) >= 11 is 12.7. The van der Waals surface area contributed by atoms with Crippen LogP contribution in [-0.2, 0) is 0 Å². The molecule has 2 aliphatic carbocycles. The van der Waals surface area contributed by atoms with Gasteiger partial charge < -0.3 is 14.9 Å². The second-order valence-electron chi connectivity index (χ2n) is 14.5. The van der Waals surface area contributed by atoms with Crippen molar-refractivity contribution < 1.29 is 5.11 Å². The minimum atomic E-state index is 0. The topological polar surface area (TPSA) is 52.5 Å². The SMILES string of the molecule is C.CCC1=Cc2cccnc2C(C2CCN(C)CC2)c2ccc(Cl)cc21.CN1CCC(C2c3ccc(Cl)cc3C(CO)=Cc3cccnc32)CC1. The van der Waals surface area contributed by atoms with Gasteiger partial charge in [-0.05, 0) is 177 Å². The number of aliphatic hydroxyl groups excluding tert-OH is 1. The van der Waals surface area contributed by atoms with Gasteiger partial charge >= 0.3 is 0 Å². The maximum atomic E-state index is 9.97. The van der Waals surface area contributed by atoms with E-state index in [-0.39, 0.29) is 20.0 Å². The van der Waals surface area contributed by atoms with Crippen LogP contribution in [0, 0.1) is 11.8 Å². The number of aliphatic hydroxyl groups is 1. The Labute approximate surface area is 315 Å². The van der Waals surface area contributed by atoms with Crippen LogP contribution >= 0.6 is 23.2 Å². The van der Waals surface area contributed by atoms with Crippen molar-refractivity contribution in [1.82, 2.24) is 19.8 Å². The van der Waals surface area contributed by atoms with Gasteiger partial charge in [0.2, 0.25) is 0 Å². The zero-order valence-corrected chi connectivity index (χ0v) is 31.0. The van der Waals surface area contributed by atoms with E-state index in [4.69, 9.17) is 33.2 Å². The van der Waals surface area contributed by atoms with Crippen LogP contribution in [0.5, 0.6) is 0 Å². The van der Waals surface area contributed by atoms with Gasteiger partial charge in [0.1, 0.15) is 0 Å². The highest BCUT2D eigenvalue weighted by molar-refractivity contribution is 6.31. The maximum absolute atomic E-state index is 9.97. The molecule has 51 heavy (non-hydrogen) atoms. The van der Waals surface area contributed by atoms with Crippen molar-refractivity contribution in [2.45, 2.75) is 58.3 Å². The number of nitrogens with zero attached hydrogens (tertiary/aromatic N) is 4. The number of rotatable bonds is 4. The molecule has 5 nitrogen and oxygen atoms in total.